The molecule has 0 radical (unpaired) electrons. The van der Waals surface area contributed by atoms with Crippen molar-refractivity contribution in [3.63, 3.8) is 0 Å². The number of imide groups is 1. The average molecular weight is 338 g/mol. The van der Waals surface area contributed by atoms with Crippen molar-refractivity contribution in [1.29, 1.82) is 0 Å². The molecule has 1 atom stereocenters. The molecule has 5 nitrogen and oxygen atoms in total. The largest absolute Gasteiger partial charge is 0.493 e. The van der Waals surface area contributed by atoms with Gasteiger partial charge in [0.2, 0.25) is 0 Å². The minimum Gasteiger partial charge on any atom is -0.493 e. The minimum atomic E-state index is -0.572. The van der Waals surface area contributed by atoms with E-state index in [1.807, 2.05) is 61.5 Å². The van der Waals surface area contributed by atoms with Crippen LogP contribution in [0.15, 0.2) is 54.6 Å². The highest BCUT2D eigenvalue weighted by molar-refractivity contribution is 6.04. The van der Waals surface area contributed by atoms with Crippen LogP contribution in [0, 0.1) is 6.92 Å². The van der Waals surface area contributed by atoms with Gasteiger partial charge in [-0.2, -0.15) is 0 Å². The van der Waals surface area contributed by atoms with E-state index < -0.39 is 6.04 Å². The molecule has 1 heterocycles. The first-order valence-electron chi connectivity index (χ1n) is 8.52. The Hall–Kier alpha value is -2.82. The van der Waals surface area contributed by atoms with Gasteiger partial charge in [-0.25, -0.2) is 4.79 Å². The fraction of sp³-hybridized carbons (Fsp3) is 0.300. The highest BCUT2D eigenvalue weighted by Gasteiger charge is 2.38. The first kappa shape index (κ1) is 17.0. The smallest absolute Gasteiger partial charge is 0.325 e. The number of unbranched alkanes of at least 4 members (excludes halogenated alkanes) is 1. The number of ether oxygens (including phenoxy) is 1. The highest BCUT2D eigenvalue weighted by Crippen LogP contribution is 2.22. The van der Waals surface area contributed by atoms with Crippen molar-refractivity contribution in [2.24, 2.45) is 0 Å². The molecule has 2 aromatic rings. The Bertz CT molecular complexity index is 746. The lowest BCUT2D eigenvalue weighted by Gasteiger charge is -2.13. The number of urea groups is 1. The standard InChI is InChI=1S/C20H22N2O3/c1-15-9-5-6-12-17(15)25-14-8-7-13-22-19(23)18(21-20(22)24)16-10-3-2-4-11-16/h2-6,9-12,18H,7-8,13-14H2,1H3,(H,21,24). The molecule has 1 unspecified atom stereocenters. The van der Waals surface area contributed by atoms with Gasteiger partial charge in [-0.15, -0.1) is 0 Å². The second kappa shape index (κ2) is 7.83. The van der Waals surface area contributed by atoms with E-state index >= 15 is 0 Å². The predicted molar refractivity (Wildman–Crippen MR) is 95.3 cm³/mol. The maximum Gasteiger partial charge on any atom is 0.325 e. The van der Waals surface area contributed by atoms with Crippen LogP contribution < -0.4 is 10.1 Å². The molecule has 25 heavy (non-hydrogen) atoms. The van der Waals surface area contributed by atoms with Crippen molar-refractivity contribution in [2.75, 3.05) is 13.2 Å². The fourth-order valence-corrected chi connectivity index (χ4v) is 2.87. The fourth-order valence-electron chi connectivity index (χ4n) is 2.87. The van der Waals surface area contributed by atoms with Crippen LogP contribution in [0.3, 0.4) is 0 Å². The highest BCUT2D eigenvalue weighted by atomic mass is 16.5. The number of benzene rings is 2. The molecule has 0 aromatic heterocycles. The van der Waals surface area contributed by atoms with E-state index in [0.29, 0.717) is 19.6 Å². The third kappa shape index (κ3) is 3.99. The Balaban J connectivity index is 1.46. The van der Waals surface area contributed by atoms with Gasteiger partial charge in [-0.3, -0.25) is 9.69 Å². The molecule has 3 amide bonds. The van der Waals surface area contributed by atoms with Crippen molar-refractivity contribution in [2.45, 2.75) is 25.8 Å². The van der Waals surface area contributed by atoms with E-state index in [1.54, 1.807) is 0 Å². The van der Waals surface area contributed by atoms with Gasteiger partial charge in [0.25, 0.3) is 5.91 Å². The quantitative estimate of drug-likeness (QED) is 0.621. The molecule has 0 spiro atoms. The van der Waals surface area contributed by atoms with Gasteiger partial charge in [0, 0.05) is 6.54 Å². The zero-order valence-corrected chi connectivity index (χ0v) is 14.3. The van der Waals surface area contributed by atoms with Crippen molar-refractivity contribution in [3.05, 3.63) is 65.7 Å². The minimum absolute atomic E-state index is 0.184. The molecule has 5 heteroatoms. The van der Waals surface area contributed by atoms with Crippen LogP contribution in [0.1, 0.15) is 30.0 Å². The van der Waals surface area contributed by atoms with Crippen molar-refractivity contribution in [3.8, 4) is 5.75 Å². The lowest BCUT2D eigenvalue weighted by atomic mass is 10.1. The van der Waals surface area contributed by atoms with Crippen LogP contribution in [0.2, 0.25) is 0 Å². The number of carbonyl (C=O) groups is 2. The molecule has 0 saturated carbocycles. The van der Waals surface area contributed by atoms with Gasteiger partial charge in [0.15, 0.2) is 0 Å². The average Bonchev–Trinajstić information content (AvgIpc) is 2.91. The topological polar surface area (TPSA) is 58.6 Å². The van der Waals surface area contributed by atoms with Gasteiger partial charge in [-0.05, 0) is 37.0 Å². The number of amides is 3. The maximum atomic E-state index is 12.5. The maximum absolute atomic E-state index is 12.5. The Morgan fingerprint density at radius 2 is 1.72 bits per heavy atom. The summed E-state index contributed by atoms with van der Waals surface area (Å²) in [6.45, 7) is 2.98. The second-order valence-corrected chi connectivity index (χ2v) is 6.10. The van der Waals surface area contributed by atoms with Crippen molar-refractivity contribution in [1.82, 2.24) is 10.2 Å². The molecule has 1 aliphatic heterocycles. The number of nitrogens with one attached hydrogen (secondary N) is 1. The molecule has 1 saturated heterocycles. The molecular weight excluding hydrogens is 316 g/mol. The number of rotatable bonds is 7. The molecule has 1 aliphatic rings. The monoisotopic (exact) mass is 338 g/mol. The molecule has 1 N–H and O–H groups in total. The Labute approximate surface area is 147 Å². The van der Waals surface area contributed by atoms with E-state index in [1.165, 1.54) is 4.90 Å². The zero-order valence-electron chi connectivity index (χ0n) is 14.3. The number of hydrogen-bond acceptors (Lipinski definition) is 3. The van der Waals surface area contributed by atoms with Crippen molar-refractivity contribution >= 4 is 11.9 Å². The van der Waals surface area contributed by atoms with E-state index in [-0.39, 0.29) is 11.9 Å². The van der Waals surface area contributed by atoms with Crippen LogP contribution >= 0.6 is 0 Å². The van der Waals surface area contributed by atoms with Gasteiger partial charge in [0.1, 0.15) is 11.8 Å². The summed E-state index contributed by atoms with van der Waals surface area (Å²) < 4.78 is 5.74. The lowest BCUT2D eigenvalue weighted by Crippen LogP contribution is -2.32. The van der Waals surface area contributed by atoms with Gasteiger partial charge in [0.05, 0.1) is 6.61 Å². The molecule has 0 aliphatic carbocycles. The van der Waals surface area contributed by atoms with Gasteiger partial charge in [-0.1, -0.05) is 48.5 Å². The van der Waals surface area contributed by atoms with Crippen molar-refractivity contribution < 1.29 is 14.3 Å². The zero-order chi connectivity index (χ0) is 17.6. The van der Waals surface area contributed by atoms with Gasteiger partial charge >= 0.3 is 6.03 Å². The Kier molecular flexibility index (Phi) is 5.33. The van der Waals surface area contributed by atoms with E-state index in [9.17, 15) is 9.59 Å². The molecule has 0 bridgehead atoms. The van der Waals surface area contributed by atoms with E-state index in [2.05, 4.69) is 5.32 Å². The third-order valence-electron chi connectivity index (χ3n) is 4.29. The number of aryl methyl sites for hydroxylation is 1. The Morgan fingerprint density at radius 1 is 1.00 bits per heavy atom. The van der Waals surface area contributed by atoms with Crippen LogP contribution in [0.5, 0.6) is 5.75 Å². The third-order valence-corrected chi connectivity index (χ3v) is 4.29. The summed E-state index contributed by atoms with van der Waals surface area (Å²) in [5, 5.41) is 2.75. The number of carbonyl (C=O) groups excluding carboxylic acids is 2. The van der Waals surface area contributed by atoms with E-state index in [0.717, 1.165) is 23.3 Å². The van der Waals surface area contributed by atoms with Crippen LogP contribution in [0.4, 0.5) is 4.79 Å². The predicted octanol–water partition coefficient (Wildman–Crippen LogP) is 3.45. The number of nitrogens with zero attached hydrogens (tertiary/aromatic N) is 1. The normalized spacial score (nSPS) is 16.8. The molecular formula is C20H22N2O3. The molecule has 3 rings (SSSR count). The summed E-state index contributed by atoms with van der Waals surface area (Å²) >= 11 is 0. The first-order valence-corrected chi connectivity index (χ1v) is 8.52. The molecule has 1 fully saturated rings. The van der Waals surface area contributed by atoms with Gasteiger partial charge < -0.3 is 10.1 Å². The lowest BCUT2D eigenvalue weighted by molar-refractivity contribution is -0.127. The van der Waals surface area contributed by atoms with Crippen LogP contribution in [-0.4, -0.2) is 30.0 Å². The molecule has 130 valence electrons. The Morgan fingerprint density at radius 3 is 2.48 bits per heavy atom. The summed E-state index contributed by atoms with van der Waals surface area (Å²) in [5.74, 6) is 0.692. The van der Waals surface area contributed by atoms with Crippen LogP contribution in [-0.2, 0) is 4.79 Å². The van der Waals surface area contributed by atoms with Crippen LogP contribution in [0.25, 0.3) is 0 Å². The van der Waals surface area contributed by atoms with E-state index in [4.69, 9.17) is 4.74 Å². The summed E-state index contributed by atoms with van der Waals surface area (Å²) in [4.78, 5) is 25.8. The second-order valence-electron chi connectivity index (χ2n) is 6.10. The number of para-hydroxylation sites is 1. The summed E-state index contributed by atoms with van der Waals surface area (Å²) in [7, 11) is 0. The summed E-state index contributed by atoms with van der Waals surface area (Å²) in [6.07, 6.45) is 1.49. The molecule has 2 aromatic carbocycles. The summed E-state index contributed by atoms with van der Waals surface area (Å²) in [6, 6.07) is 16.3. The number of hydrogen-bond donors (Lipinski definition) is 1. The SMILES string of the molecule is Cc1ccccc1OCCCCN1C(=O)NC(c2ccccc2)C1=O. The first-order chi connectivity index (χ1) is 12.2. The summed E-state index contributed by atoms with van der Waals surface area (Å²) in [5.41, 5.74) is 1.91.